The standard InChI is InChI=1S/C16H17NO2S/c1-12-3-2-4-15(9-12)14-7-5-13(6-8-14)10-20(19)11-16(17)18/h2-9H,10-11H2,1H3,(H2,17,18)/t20-/m1/s1. The van der Waals surface area contributed by atoms with E-state index >= 15 is 0 Å². The highest BCUT2D eigenvalue weighted by Crippen LogP contribution is 2.21. The zero-order valence-electron chi connectivity index (χ0n) is 11.3. The molecule has 104 valence electrons. The first kappa shape index (κ1) is 14.5. The molecule has 0 aliphatic carbocycles. The normalized spacial score (nSPS) is 12.1. The lowest BCUT2D eigenvalue weighted by Crippen LogP contribution is -2.20. The van der Waals surface area contributed by atoms with Crippen molar-refractivity contribution in [2.75, 3.05) is 5.75 Å². The van der Waals surface area contributed by atoms with Crippen molar-refractivity contribution >= 4 is 16.7 Å². The molecule has 0 spiro atoms. The van der Waals surface area contributed by atoms with Gasteiger partial charge in [0.15, 0.2) is 0 Å². The first-order valence-corrected chi connectivity index (χ1v) is 7.82. The number of carbonyl (C=O) groups excluding carboxylic acids is 1. The van der Waals surface area contributed by atoms with Gasteiger partial charge in [0.05, 0.1) is 0 Å². The lowest BCUT2D eigenvalue weighted by Gasteiger charge is -2.05. The maximum Gasteiger partial charge on any atom is 0.230 e. The van der Waals surface area contributed by atoms with Crippen LogP contribution in [-0.4, -0.2) is 15.9 Å². The van der Waals surface area contributed by atoms with Crippen molar-refractivity contribution < 1.29 is 9.00 Å². The maximum atomic E-state index is 11.6. The van der Waals surface area contributed by atoms with Crippen molar-refractivity contribution in [3.63, 3.8) is 0 Å². The summed E-state index contributed by atoms with van der Waals surface area (Å²) in [4.78, 5) is 10.7. The van der Waals surface area contributed by atoms with Gasteiger partial charge in [-0.1, -0.05) is 54.1 Å². The summed E-state index contributed by atoms with van der Waals surface area (Å²) in [7, 11) is -1.23. The number of amides is 1. The lowest BCUT2D eigenvalue weighted by atomic mass is 10.0. The Morgan fingerprint density at radius 3 is 2.40 bits per heavy atom. The Balaban J connectivity index is 2.10. The first-order valence-electron chi connectivity index (χ1n) is 6.34. The third-order valence-corrected chi connectivity index (χ3v) is 4.20. The molecule has 0 bridgehead atoms. The van der Waals surface area contributed by atoms with Gasteiger partial charge in [-0.25, -0.2) is 0 Å². The number of hydrogen-bond acceptors (Lipinski definition) is 2. The molecule has 0 fully saturated rings. The summed E-state index contributed by atoms with van der Waals surface area (Å²) in [6, 6.07) is 16.2. The molecule has 0 aliphatic rings. The fourth-order valence-corrected chi connectivity index (χ4v) is 3.00. The smallest absolute Gasteiger partial charge is 0.230 e. The van der Waals surface area contributed by atoms with E-state index in [1.807, 2.05) is 30.3 Å². The molecule has 0 saturated carbocycles. The van der Waals surface area contributed by atoms with Crippen LogP contribution in [0.25, 0.3) is 11.1 Å². The molecule has 2 aromatic rings. The molecule has 0 aliphatic heterocycles. The van der Waals surface area contributed by atoms with Gasteiger partial charge in [0, 0.05) is 16.6 Å². The Morgan fingerprint density at radius 2 is 1.80 bits per heavy atom. The largest absolute Gasteiger partial charge is 0.369 e. The number of rotatable bonds is 5. The molecule has 2 rings (SSSR count). The van der Waals surface area contributed by atoms with Crippen LogP contribution in [0.4, 0.5) is 0 Å². The summed E-state index contributed by atoms with van der Waals surface area (Å²) in [6.07, 6.45) is 0. The predicted molar refractivity (Wildman–Crippen MR) is 82.5 cm³/mol. The molecule has 0 radical (unpaired) electrons. The van der Waals surface area contributed by atoms with Crippen LogP contribution in [0.1, 0.15) is 11.1 Å². The molecule has 0 unspecified atom stereocenters. The van der Waals surface area contributed by atoms with E-state index in [1.165, 1.54) is 5.56 Å². The minimum Gasteiger partial charge on any atom is -0.369 e. The average Bonchev–Trinajstić information content (AvgIpc) is 2.38. The number of benzene rings is 2. The molecule has 2 aromatic carbocycles. The van der Waals surface area contributed by atoms with Gasteiger partial charge in [-0.15, -0.1) is 0 Å². The predicted octanol–water partition coefficient (Wildman–Crippen LogP) is 2.40. The van der Waals surface area contributed by atoms with Crippen molar-refractivity contribution in [1.29, 1.82) is 0 Å². The number of primary amides is 1. The number of hydrogen-bond donors (Lipinski definition) is 1. The SMILES string of the molecule is Cc1cccc(-c2ccc(C[S@@](=O)CC(N)=O)cc2)c1. The highest BCUT2D eigenvalue weighted by molar-refractivity contribution is 7.84. The molecule has 0 aromatic heterocycles. The Hall–Kier alpha value is -1.94. The van der Waals surface area contributed by atoms with Crippen LogP contribution in [0.2, 0.25) is 0 Å². The van der Waals surface area contributed by atoms with Gasteiger partial charge in [-0.05, 0) is 23.6 Å². The third kappa shape index (κ3) is 4.03. The van der Waals surface area contributed by atoms with E-state index in [4.69, 9.17) is 5.73 Å². The summed E-state index contributed by atoms with van der Waals surface area (Å²) in [5.74, 6) is -0.254. The molecular weight excluding hydrogens is 270 g/mol. The highest BCUT2D eigenvalue weighted by atomic mass is 32.2. The fourth-order valence-electron chi connectivity index (χ4n) is 2.01. The first-order chi connectivity index (χ1) is 9.54. The van der Waals surface area contributed by atoms with Crippen molar-refractivity contribution in [3.8, 4) is 11.1 Å². The second kappa shape index (κ2) is 6.48. The van der Waals surface area contributed by atoms with E-state index in [0.717, 1.165) is 16.7 Å². The van der Waals surface area contributed by atoms with Crippen LogP contribution in [0.5, 0.6) is 0 Å². The Labute approximate surface area is 121 Å². The Bertz CT molecular complexity index is 635. The summed E-state index contributed by atoms with van der Waals surface area (Å²) < 4.78 is 11.6. The van der Waals surface area contributed by atoms with Crippen LogP contribution < -0.4 is 5.73 Å². The molecule has 0 saturated heterocycles. The van der Waals surface area contributed by atoms with Gasteiger partial charge in [-0.2, -0.15) is 0 Å². The average molecular weight is 287 g/mol. The van der Waals surface area contributed by atoms with Crippen molar-refractivity contribution in [1.82, 2.24) is 0 Å². The van der Waals surface area contributed by atoms with Crippen LogP contribution in [0, 0.1) is 6.92 Å². The molecule has 1 atom stereocenters. The minimum absolute atomic E-state index is 0.0837. The molecule has 2 N–H and O–H groups in total. The molecule has 3 nitrogen and oxygen atoms in total. The van der Waals surface area contributed by atoms with Crippen LogP contribution in [0.3, 0.4) is 0 Å². The van der Waals surface area contributed by atoms with Gasteiger partial charge in [0.25, 0.3) is 0 Å². The highest BCUT2D eigenvalue weighted by Gasteiger charge is 2.06. The van der Waals surface area contributed by atoms with E-state index in [0.29, 0.717) is 5.75 Å². The van der Waals surface area contributed by atoms with E-state index in [-0.39, 0.29) is 5.75 Å². The van der Waals surface area contributed by atoms with Crippen molar-refractivity contribution in [2.45, 2.75) is 12.7 Å². The lowest BCUT2D eigenvalue weighted by molar-refractivity contribution is -0.115. The fraction of sp³-hybridized carbons (Fsp3) is 0.188. The van der Waals surface area contributed by atoms with Gasteiger partial charge < -0.3 is 5.73 Å². The van der Waals surface area contributed by atoms with Crippen LogP contribution >= 0.6 is 0 Å². The number of aryl methyl sites for hydroxylation is 1. The summed E-state index contributed by atoms with van der Waals surface area (Å²) in [5, 5.41) is 0. The van der Waals surface area contributed by atoms with Gasteiger partial charge in [0.2, 0.25) is 5.91 Å². The molecule has 0 heterocycles. The third-order valence-electron chi connectivity index (χ3n) is 2.94. The van der Waals surface area contributed by atoms with Crippen molar-refractivity contribution in [2.24, 2.45) is 5.73 Å². The second-order valence-electron chi connectivity index (χ2n) is 4.76. The van der Waals surface area contributed by atoms with Gasteiger partial charge in [-0.3, -0.25) is 9.00 Å². The number of nitrogens with two attached hydrogens (primary N) is 1. The van der Waals surface area contributed by atoms with E-state index in [2.05, 4.69) is 25.1 Å². The zero-order chi connectivity index (χ0) is 14.5. The van der Waals surface area contributed by atoms with Crippen LogP contribution in [-0.2, 0) is 21.3 Å². The topological polar surface area (TPSA) is 60.2 Å². The van der Waals surface area contributed by atoms with Gasteiger partial charge >= 0.3 is 0 Å². The molecular formula is C16H17NO2S. The summed E-state index contributed by atoms with van der Waals surface area (Å²) in [6.45, 7) is 2.06. The Kier molecular flexibility index (Phi) is 4.69. The van der Waals surface area contributed by atoms with Crippen molar-refractivity contribution in [3.05, 3.63) is 59.7 Å². The molecule has 4 heteroatoms. The van der Waals surface area contributed by atoms with E-state index < -0.39 is 16.7 Å². The van der Waals surface area contributed by atoms with Crippen LogP contribution in [0.15, 0.2) is 48.5 Å². The maximum absolute atomic E-state index is 11.6. The monoisotopic (exact) mass is 287 g/mol. The molecule has 20 heavy (non-hydrogen) atoms. The minimum atomic E-state index is -1.23. The zero-order valence-corrected chi connectivity index (χ0v) is 12.2. The second-order valence-corrected chi connectivity index (χ2v) is 6.22. The van der Waals surface area contributed by atoms with Gasteiger partial charge in [0.1, 0.15) is 5.75 Å². The number of carbonyl (C=O) groups is 1. The quantitative estimate of drug-likeness (QED) is 0.918. The Morgan fingerprint density at radius 1 is 1.10 bits per heavy atom. The summed E-state index contributed by atoms with van der Waals surface area (Å²) >= 11 is 0. The van der Waals surface area contributed by atoms with E-state index in [9.17, 15) is 9.00 Å². The van der Waals surface area contributed by atoms with E-state index in [1.54, 1.807) is 0 Å². The molecule has 1 amide bonds. The summed E-state index contributed by atoms with van der Waals surface area (Å²) in [5.41, 5.74) is 9.48.